The number of rotatable bonds is 3. The smallest absolute Gasteiger partial charge is 0.377 e. The molecule has 0 amide bonds. The van der Waals surface area contributed by atoms with Crippen molar-refractivity contribution in [2.45, 2.75) is 13.3 Å². The Morgan fingerprint density at radius 3 is 2.40 bits per heavy atom. The van der Waals surface area contributed by atoms with Crippen LogP contribution in [0, 0.1) is 6.92 Å². The van der Waals surface area contributed by atoms with Gasteiger partial charge in [-0.1, -0.05) is 12.1 Å². The normalized spacial score (nSPS) is 10.4. The number of aryl methyl sites for hydroxylation is 1. The topological polar surface area (TPSA) is 54.4 Å². The second-order valence-electron chi connectivity index (χ2n) is 3.01. The van der Waals surface area contributed by atoms with Crippen molar-refractivity contribution in [3.63, 3.8) is 0 Å². The van der Waals surface area contributed by atoms with Crippen molar-refractivity contribution in [1.29, 1.82) is 0 Å². The summed E-state index contributed by atoms with van der Waals surface area (Å²) in [5.41, 5.74) is -0.225. The van der Waals surface area contributed by atoms with Crippen LogP contribution in [0.3, 0.4) is 0 Å². The first-order valence-electron chi connectivity index (χ1n) is 4.09. The lowest BCUT2D eigenvalue weighted by molar-refractivity contribution is -0.131. The minimum Gasteiger partial charge on any atom is -0.475 e. The zero-order valence-electron chi connectivity index (χ0n) is 7.83. The largest absolute Gasteiger partial charge is 0.475 e. The van der Waals surface area contributed by atoms with Crippen molar-refractivity contribution in [2.24, 2.45) is 0 Å². The fourth-order valence-electron chi connectivity index (χ4n) is 1.14. The molecule has 0 saturated carbocycles. The summed E-state index contributed by atoms with van der Waals surface area (Å²) in [6, 6.07) is 3.44. The number of carboxylic acid groups (broad SMARTS) is 1. The summed E-state index contributed by atoms with van der Waals surface area (Å²) in [5.74, 6) is -2.84. The molecule has 5 heteroatoms. The van der Waals surface area contributed by atoms with Crippen LogP contribution in [0.15, 0.2) is 18.2 Å². The van der Waals surface area contributed by atoms with E-state index in [4.69, 9.17) is 5.11 Å². The lowest BCUT2D eigenvalue weighted by Gasteiger charge is -2.05. The maximum atomic E-state index is 12.4. The molecule has 0 aromatic heterocycles. The predicted octanol–water partition coefficient (Wildman–Crippen LogP) is 2.20. The highest BCUT2D eigenvalue weighted by Crippen LogP contribution is 2.23. The van der Waals surface area contributed by atoms with E-state index >= 15 is 0 Å². The number of carboxylic acids is 1. The van der Waals surface area contributed by atoms with Gasteiger partial charge in [0.15, 0.2) is 0 Å². The van der Waals surface area contributed by atoms with Crippen LogP contribution in [0.5, 0.6) is 0 Å². The van der Waals surface area contributed by atoms with E-state index in [2.05, 4.69) is 0 Å². The van der Waals surface area contributed by atoms with Gasteiger partial charge in [0.25, 0.3) is 12.2 Å². The molecular formula is C10H8F2O3. The van der Waals surface area contributed by atoms with Gasteiger partial charge in [-0.2, -0.15) is 0 Å². The number of halogens is 2. The summed E-state index contributed by atoms with van der Waals surface area (Å²) in [7, 11) is 0. The van der Waals surface area contributed by atoms with E-state index < -0.39 is 18.2 Å². The molecule has 0 heterocycles. The van der Waals surface area contributed by atoms with Crippen molar-refractivity contribution in [1.82, 2.24) is 0 Å². The molecule has 0 aliphatic rings. The van der Waals surface area contributed by atoms with Gasteiger partial charge in [-0.15, -0.1) is 0 Å². The average Bonchev–Trinajstić information content (AvgIpc) is 2.16. The Balaban J connectivity index is 3.19. The van der Waals surface area contributed by atoms with Gasteiger partial charge in [0.05, 0.1) is 0 Å². The first-order valence-corrected chi connectivity index (χ1v) is 4.09. The van der Waals surface area contributed by atoms with Gasteiger partial charge in [-0.05, 0) is 18.6 Å². The number of Topliss-reactive ketones (excluding diaryl/α,β-unsaturated/α-hetero) is 1. The molecule has 15 heavy (non-hydrogen) atoms. The van der Waals surface area contributed by atoms with Gasteiger partial charge >= 0.3 is 5.97 Å². The molecule has 1 aromatic rings. The molecule has 1 aromatic carbocycles. The summed E-state index contributed by atoms with van der Waals surface area (Å²) >= 11 is 0. The molecule has 3 nitrogen and oxygen atoms in total. The summed E-state index contributed by atoms with van der Waals surface area (Å²) in [4.78, 5) is 21.3. The SMILES string of the molecule is Cc1ccc(C(=O)C(=O)O)cc1C(F)F. The minimum absolute atomic E-state index is 0.233. The number of carbonyl (C=O) groups excluding carboxylic acids is 1. The number of ketones is 1. The number of benzene rings is 1. The first kappa shape index (κ1) is 11.3. The second-order valence-corrected chi connectivity index (χ2v) is 3.01. The van der Waals surface area contributed by atoms with Gasteiger partial charge in [0.1, 0.15) is 0 Å². The Labute approximate surface area is 84.3 Å². The minimum atomic E-state index is -2.72. The van der Waals surface area contributed by atoms with E-state index in [0.29, 0.717) is 5.56 Å². The van der Waals surface area contributed by atoms with E-state index in [1.54, 1.807) is 0 Å². The van der Waals surface area contributed by atoms with Gasteiger partial charge in [0.2, 0.25) is 0 Å². The number of hydrogen-bond donors (Lipinski definition) is 1. The van der Waals surface area contributed by atoms with Crippen molar-refractivity contribution in [3.05, 3.63) is 34.9 Å². The van der Waals surface area contributed by atoms with Crippen molar-refractivity contribution >= 4 is 11.8 Å². The van der Waals surface area contributed by atoms with E-state index in [1.807, 2.05) is 0 Å². The van der Waals surface area contributed by atoms with E-state index in [9.17, 15) is 18.4 Å². The lowest BCUT2D eigenvalue weighted by Crippen LogP contribution is -2.13. The highest BCUT2D eigenvalue weighted by Gasteiger charge is 2.18. The van der Waals surface area contributed by atoms with E-state index in [-0.39, 0.29) is 11.1 Å². The molecular weight excluding hydrogens is 206 g/mol. The molecule has 0 fully saturated rings. The second kappa shape index (κ2) is 4.16. The molecule has 0 aliphatic carbocycles. The molecule has 1 N–H and O–H groups in total. The molecule has 0 bridgehead atoms. The highest BCUT2D eigenvalue weighted by molar-refractivity contribution is 6.39. The van der Waals surface area contributed by atoms with Crippen LogP contribution in [0.1, 0.15) is 27.9 Å². The summed E-state index contributed by atoms with van der Waals surface area (Å²) in [6.45, 7) is 1.47. The number of hydrogen-bond acceptors (Lipinski definition) is 2. The summed E-state index contributed by atoms with van der Waals surface area (Å²) < 4.78 is 24.8. The van der Waals surface area contributed by atoms with Gasteiger partial charge in [-0.3, -0.25) is 4.79 Å². The molecule has 0 spiro atoms. The average molecular weight is 214 g/mol. The number of carbonyl (C=O) groups is 2. The Morgan fingerprint density at radius 1 is 1.33 bits per heavy atom. The quantitative estimate of drug-likeness (QED) is 0.619. The van der Waals surface area contributed by atoms with Crippen LogP contribution >= 0.6 is 0 Å². The Hall–Kier alpha value is -1.78. The van der Waals surface area contributed by atoms with Crippen molar-refractivity contribution in [2.75, 3.05) is 0 Å². The van der Waals surface area contributed by atoms with Crippen LogP contribution in [0.25, 0.3) is 0 Å². The third-order valence-corrected chi connectivity index (χ3v) is 1.97. The Bertz CT molecular complexity index is 413. The van der Waals surface area contributed by atoms with E-state index in [0.717, 1.165) is 6.07 Å². The van der Waals surface area contributed by atoms with E-state index in [1.165, 1.54) is 19.1 Å². The van der Waals surface area contributed by atoms with Crippen LogP contribution in [0.4, 0.5) is 8.78 Å². The third kappa shape index (κ3) is 2.37. The molecule has 0 aliphatic heterocycles. The maximum absolute atomic E-state index is 12.4. The fourth-order valence-corrected chi connectivity index (χ4v) is 1.14. The number of alkyl halides is 2. The molecule has 1 rings (SSSR count). The zero-order chi connectivity index (χ0) is 11.6. The molecule has 0 radical (unpaired) electrons. The van der Waals surface area contributed by atoms with Crippen LogP contribution < -0.4 is 0 Å². The Kier molecular flexibility index (Phi) is 3.14. The van der Waals surface area contributed by atoms with Gasteiger partial charge in [-0.25, -0.2) is 13.6 Å². The van der Waals surface area contributed by atoms with Crippen LogP contribution in [0.2, 0.25) is 0 Å². The maximum Gasteiger partial charge on any atom is 0.377 e. The zero-order valence-corrected chi connectivity index (χ0v) is 7.83. The Morgan fingerprint density at radius 2 is 1.93 bits per heavy atom. The molecule has 0 unspecified atom stereocenters. The van der Waals surface area contributed by atoms with Gasteiger partial charge < -0.3 is 5.11 Å². The summed E-state index contributed by atoms with van der Waals surface area (Å²) in [5, 5.41) is 8.40. The monoisotopic (exact) mass is 214 g/mol. The van der Waals surface area contributed by atoms with Crippen molar-refractivity contribution in [3.8, 4) is 0 Å². The van der Waals surface area contributed by atoms with Crippen LogP contribution in [-0.2, 0) is 4.79 Å². The lowest BCUT2D eigenvalue weighted by atomic mass is 10.0. The standard InChI is InChI=1S/C10H8F2O3/c1-5-2-3-6(8(13)10(14)15)4-7(5)9(11)12/h2-4,9H,1H3,(H,14,15). The fraction of sp³-hybridized carbons (Fsp3) is 0.200. The van der Waals surface area contributed by atoms with Crippen LogP contribution in [-0.4, -0.2) is 16.9 Å². The third-order valence-electron chi connectivity index (χ3n) is 1.97. The molecule has 80 valence electrons. The number of aliphatic carboxylic acids is 1. The van der Waals surface area contributed by atoms with Crippen molar-refractivity contribution < 1.29 is 23.5 Å². The molecule has 0 saturated heterocycles. The predicted molar refractivity (Wildman–Crippen MR) is 48.1 cm³/mol. The summed E-state index contributed by atoms with van der Waals surface area (Å²) in [6.07, 6.45) is -2.72. The first-order chi connectivity index (χ1) is 6.93. The molecule has 0 atom stereocenters. The van der Waals surface area contributed by atoms with Gasteiger partial charge in [0, 0.05) is 11.1 Å². The highest BCUT2D eigenvalue weighted by atomic mass is 19.3.